The molecule has 0 saturated carbocycles. The van der Waals surface area contributed by atoms with Gasteiger partial charge >= 0.3 is 0 Å². The van der Waals surface area contributed by atoms with Crippen LogP contribution < -0.4 is 9.64 Å². The van der Waals surface area contributed by atoms with Gasteiger partial charge in [-0.2, -0.15) is 0 Å². The van der Waals surface area contributed by atoms with Crippen molar-refractivity contribution in [1.29, 1.82) is 0 Å². The van der Waals surface area contributed by atoms with Gasteiger partial charge in [-0.1, -0.05) is 38.8 Å². The number of rotatable bonds is 8. The van der Waals surface area contributed by atoms with Crippen LogP contribution >= 0.6 is 11.6 Å². The molecule has 19 heavy (non-hydrogen) atoms. The summed E-state index contributed by atoms with van der Waals surface area (Å²) in [5, 5.41) is 0.372. The Morgan fingerprint density at radius 1 is 1.32 bits per heavy atom. The van der Waals surface area contributed by atoms with Crippen LogP contribution in [-0.4, -0.2) is 30.2 Å². The van der Waals surface area contributed by atoms with Gasteiger partial charge in [-0.3, -0.25) is 0 Å². The molecule has 1 atom stereocenters. The minimum atomic E-state index is 0.372. The van der Waals surface area contributed by atoms with E-state index in [-0.39, 0.29) is 0 Å². The maximum absolute atomic E-state index is 6.06. The highest BCUT2D eigenvalue weighted by atomic mass is 35.5. The maximum atomic E-state index is 6.06. The number of methoxy groups -OCH3 is 1. The van der Waals surface area contributed by atoms with Crippen LogP contribution in [0.5, 0.6) is 5.75 Å². The first-order chi connectivity index (χ1) is 9.13. The Hall–Kier alpha value is -1.03. The number of nitrogens with zero attached hydrogens (tertiary/aromatic N) is 3. The largest absolute Gasteiger partial charge is 0.490 e. The van der Waals surface area contributed by atoms with Gasteiger partial charge in [0, 0.05) is 13.1 Å². The number of hydrogen-bond acceptors (Lipinski definition) is 4. The highest BCUT2D eigenvalue weighted by Crippen LogP contribution is 2.31. The molecule has 4 nitrogen and oxygen atoms in total. The van der Waals surface area contributed by atoms with Gasteiger partial charge in [-0.15, -0.1) is 0 Å². The van der Waals surface area contributed by atoms with E-state index in [0.717, 1.165) is 31.7 Å². The smallest absolute Gasteiger partial charge is 0.199 e. The van der Waals surface area contributed by atoms with Gasteiger partial charge in [0.05, 0.1) is 7.11 Å². The topological polar surface area (TPSA) is 38.2 Å². The average molecular weight is 286 g/mol. The summed E-state index contributed by atoms with van der Waals surface area (Å²) < 4.78 is 5.34. The SMILES string of the molecule is CCCN(CCC(C)CC)c1ncnc(Cl)c1OC. The van der Waals surface area contributed by atoms with Crippen molar-refractivity contribution < 1.29 is 4.74 Å². The molecule has 0 spiro atoms. The number of ether oxygens (including phenoxy) is 1. The second-order valence-electron chi connectivity index (χ2n) is 4.81. The first kappa shape index (κ1) is 16.0. The van der Waals surface area contributed by atoms with E-state index in [1.807, 2.05) is 0 Å². The Bertz CT molecular complexity index is 387. The van der Waals surface area contributed by atoms with Crippen molar-refractivity contribution in [3.8, 4) is 5.75 Å². The van der Waals surface area contributed by atoms with Gasteiger partial charge < -0.3 is 9.64 Å². The lowest BCUT2D eigenvalue weighted by Gasteiger charge is -2.26. The molecule has 0 aliphatic carbocycles. The number of aromatic nitrogens is 2. The molecule has 1 rings (SSSR count). The molecule has 1 aromatic heterocycles. The molecule has 1 aromatic rings. The fraction of sp³-hybridized carbons (Fsp3) is 0.714. The lowest BCUT2D eigenvalue weighted by atomic mass is 10.1. The summed E-state index contributed by atoms with van der Waals surface area (Å²) in [4.78, 5) is 10.5. The first-order valence-corrected chi connectivity index (χ1v) is 7.31. The minimum absolute atomic E-state index is 0.372. The lowest BCUT2D eigenvalue weighted by Crippen LogP contribution is -2.28. The molecule has 0 aromatic carbocycles. The van der Waals surface area contributed by atoms with Crippen LogP contribution in [0.25, 0.3) is 0 Å². The highest BCUT2D eigenvalue weighted by Gasteiger charge is 2.17. The zero-order valence-corrected chi connectivity index (χ0v) is 13.1. The Kier molecular flexibility index (Phi) is 6.92. The average Bonchev–Trinajstić information content (AvgIpc) is 2.42. The van der Waals surface area contributed by atoms with Crippen molar-refractivity contribution in [2.24, 2.45) is 5.92 Å². The molecular weight excluding hydrogens is 262 g/mol. The van der Waals surface area contributed by atoms with Gasteiger partial charge in [0.1, 0.15) is 6.33 Å². The zero-order chi connectivity index (χ0) is 14.3. The normalized spacial score (nSPS) is 12.3. The summed E-state index contributed by atoms with van der Waals surface area (Å²) in [6.45, 7) is 8.56. The molecule has 1 heterocycles. The van der Waals surface area contributed by atoms with E-state index >= 15 is 0 Å². The van der Waals surface area contributed by atoms with Crippen LogP contribution in [-0.2, 0) is 0 Å². The molecule has 1 unspecified atom stereocenters. The third-order valence-electron chi connectivity index (χ3n) is 3.33. The Balaban J connectivity index is 2.89. The molecular formula is C14H24ClN3O. The van der Waals surface area contributed by atoms with Crippen LogP contribution in [0.2, 0.25) is 5.15 Å². The van der Waals surface area contributed by atoms with Crippen LogP contribution in [0, 0.1) is 5.92 Å². The molecule has 5 heteroatoms. The van der Waals surface area contributed by atoms with E-state index in [9.17, 15) is 0 Å². The summed E-state index contributed by atoms with van der Waals surface area (Å²) in [6, 6.07) is 0. The summed E-state index contributed by atoms with van der Waals surface area (Å²) in [5.41, 5.74) is 0. The van der Waals surface area contributed by atoms with E-state index in [1.54, 1.807) is 7.11 Å². The predicted molar refractivity (Wildman–Crippen MR) is 80.2 cm³/mol. The van der Waals surface area contributed by atoms with Crippen LogP contribution in [0.3, 0.4) is 0 Å². The molecule has 0 aliphatic rings. The standard InChI is InChI=1S/C14H24ClN3O/c1-5-8-18(9-7-11(3)6-2)14-12(19-4)13(15)16-10-17-14/h10-11H,5-9H2,1-4H3. The fourth-order valence-electron chi connectivity index (χ4n) is 1.92. The first-order valence-electron chi connectivity index (χ1n) is 6.93. The molecule has 0 saturated heterocycles. The maximum Gasteiger partial charge on any atom is 0.199 e. The number of anilines is 1. The second kappa shape index (κ2) is 8.20. The van der Waals surface area contributed by atoms with Crippen molar-refractivity contribution in [2.45, 2.75) is 40.0 Å². The predicted octanol–water partition coefficient (Wildman–Crippen LogP) is 3.79. The van der Waals surface area contributed by atoms with E-state index in [4.69, 9.17) is 16.3 Å². The van der Waals surface area contributed by atoms with E-state index in [0.29, 0.717) is 16.8 Å². The molecule has 0 bridgehead atoms. The van der Waals surface area contributed by atoms with Gasteiger partial charge in [0.25, 0.3) is 0 Å². The molecule has 108 valence electrons. The quantitative estimate of drug-likeness (QED) is 0.681. The summed E-state index contributed by atoms with van der Waals surface area (Å²) in [7, 11) is 1.60. The highest BCUT2D eigenvalue weighted by molar-refractivity contribution is 6.31. The second-order valence-corrected chi connectivity index (χ2v) is 5.17. The van der Waals surface area contributed by atoms with E-state index in [1.165, 1.54) is 12.7 Å². The molecule has 0 aliphatic heterocycles. The molecule has 0 amide bonds. The van der Waals surface area contributed by atoms with Crippen LogP contribution in [0.4, 0.5) is 5.82 Å². The Morgan fingerprint density at radius 3 is 2.63 bits per heavy atom. The number of halogens is 1. The van der Waals surface area contributed by atoms with Crippen molar-refractivity contribution in [2.75, 3.05) is 25.1 Å². The van der Waals surface area contributed by atoms with Gasteiger partial charge in [-0.25, -0.2) is 9.97 Å². The van der Waals surface area contributed by atoms with Crippen molar-refractivity contribution >= 4 is 17.4 Å². The summed E-state index contributed by atoms with van der Waals surface area (Å²) >= 11 is 6.06. The van der Waals surface area contributed by atoms with Crippen LogP contribution in [0.1, 0.15) is 40.0 Å². The zero-order valence-electron chi connectivity index (χ0n) is 12.3. The van der Waals surface area contributed by atoms with Gasteiger partial charge in [-0.05, 0) is 18.8 Å². The third-order valence-corrected chi connectivity index (χ3v) is 3.60. The lowest BCUT2D eigenvalue weighted by molar-refractivity contribution is 0.409. The van der Waals surface area contributed by atoms with Gasteiger partial charge in [0.2, 0.25) is 0 Å². The Labute approximate surface area is 121 Å². The molecule has 0 radical (unpaired) electrons. The van der Waals surface area contributed by atoms with E-state index < -0.39 is 0 Å². The molecule has 0 fully saturated rings. The minimum Gasteiger partial charge on any atom is -0.490 e. The molecule has 0 N–H and O–H groups in total. The number of hydrogen-bond donors (Lipinski definition) is 0. The Morgan fingerprint density at radius 2 is 2.05 bits per heavy atom. The van der Waals surface area contributed by atoms with Gasteiger partial charge in [0.15, 0.2) is 16.7 Å². The van der Waals surface area contributed by atoms with Crippen molar-refractivity contribution in [1.82, 2.24) is 9.97 Å². The van der Waals surface area contributed by atoms with E-state index in [2.05, 4.69) is 35.6 Å². The van der Waals surface area contributed by atoms with Crippen molar-refractivity contribution in [3.05, 3.63) is 11.5 Å². The fourth-order valence-corrected chi connectivity index (χ4v) is 2.12. The monoisotopic (exact) mass is 285 g/mol. The van der Waals surface area contributed by atoms with Crippen molar-refractivity contribution in [3.63, 3.8) is 0 Å². The van der Waals surface area contributed by atoms with Crippen LogP contribution in [0.15, 0.2) is 6.33 Å². The summed E-state index contributed by atoms with van der Waals surface area (Å²) in [5.74, 6) is 2.08. The third kappa shape index (κ3) is 4.53. The summed E-state index contributed by atoms with van der Waals surface area (Å²) in [6.07, 6.45) is 4.89.